The van der Waals surface area contributed by atoms with Crippen LogP contribution in [0.2, 0.25) is 0 Å². The summed E-state index contributed by atoms with van der Waals surface area (Å²) < 4.78 is 1.63. The SMILES string of the molecule is C=CCC1=[C]([Hf+2])CC=C1.[Cl-].[Cl-]. The van der Waals surface area contributed by atoms with E-state index in [0.29, 0.717) is 0 Å². The van der Waals surface area contributed by atoms with Gasteiger partial charge in [-0.15, -0.1) is 0 Å². The summed E-state index contributed by atoms with van der Waals surface area (Å²) in [5, 5.41) is 0. The Balaban J connectivity index is 0. The average Bonchev–Trinajstić information content (AvgIpc) is 2.18. The van der Waals surface area contributed by atoms with Gasteiger partial charge < -0.3 is 24.8 Å². The van der Waals surface area contributed by atoms with E-state index in [1.807, 2.05) is 6.08 Å². The molecule has 0 fully saturated rings. The first kappa shape index (κ1) is 14.2. The molecule has 0 atom stereocenters. The molecule has 0 nitrogen and oxygen atoms in total. The number of hydrogen-bond acceptors (Lipinski definition) is 0. The number of allylic oxidation sites excluding steroid dienone is 5. The van der Waals surface area contributed by atoms with E-state index >= 15 is 0 Å². The van der Waals surface area contributed by atoms with Crippen molar-refractivity contribution < 1.29 is 49.2 Å². The fourth-order valence-corrected chi connectivity index (χ4v) is 1.99. The van der Waals surface area contributed by atoms with E-state index < -0.39 is 0 Å². The van der Waals surface area contributed by atoms with Gasteiger partial charge in [0.25, 0.3) is 0 Å². The predicted octanol–water partition coefficient (Wildman–Crippen LogP) is -3.67. The fraction of sp³-hybridized carbons (Fsp3) is 0.250. The molecule has 11 heavy (non-hydrogen) atoms. The van der Waals surface area contributed by atoms with E-state index in [9.17, 15) is 0 Å². The first-order valence-electron chi connectivity index (χ1n) is 3.05. The van der Waals surface area contributed by atoms with Gasteiger partial charge in [-0.05, 0) is 0 Å². The molecule has 1 aliphatic carbocycles. The van der Waals surface area contributed by atoms with E-state index in [4.69, 9.17) is 0 Å². The predicted molar refractivity (Wildman–Crippen MR) is 35.6 cm³/mol. The van der Waals surface area contributed by atoms with Gasteiger partial charge in [-0.3, -0.25) is 0 Å². The normalized spacial score (nSPS) is 14.0. The molecular formula is C8H9Cl2Hf. The van der Waals surface area contributed by atoms with Crippen LogP contribution in [-0.2, 0) is 24.4 Å². The van der Waals surface area contributed by atoms with Crippen LogP contribution in [0.1, 0.15) is 12.8 Å². The maximum Gasteiger partial charge on any atom is -1.00 e. The van der Waals surface area contributed by atoms with Gasteiger partial charge in [0, 0.05) is 0 Å². The molecule has 3 heteroatoms. The molecule has 0 amide bonds. The van der Waals surface area contributed by atoms with E-state index in [-0.39, 0.29) is 24.8 Å². The molecule has 0 saturated heterocycles. The van der Waals surface area contributed by atoms with Crippen LogP contribution in [0.15, 0.2) is 33.7 Å². The summed E-state index contributed by atoms with van der Waals surface area (Å²) in [5.41, 5.74) is 1.51. The van der Waals surface area contributed by atoms with Crippen LogP contribution in [0.3, 0.4) is 0 Å². The third kappa shape index (κ3) is 4.29. The quantitative estimate of drug-likeness (QED) is 0.354. The largest absolute Gasteiger partial charge is 1.00 e. The van der Waals surface area contributed by atoms with E-state index in [0.717, 1.165) is 6.42 Å². The van der Waals surface area contributed by atoms with Crippen molar-refractivity contribution in [3.05, 3.63) is 33.7 Å². The maximum atomic E-state index is 3.71. The van der Waals surface area contributed by atoms with Gasteiger partial charge in [-0.2, -0.15) is 0 Å². The van der Waals surface area contributed by atoms with Gasteiger partial charge in [0.15, 0.2) is 0 Å². The van der Waals surface area contributed by atoms with Crippen LogP contribution in [-0.4, -0.2) is 0 Å². The molecular weight excluding hydrogens is 345 g/mol. The Morgan fingerprint density at radius 1 is 1.55 bits per heavy atom. The van der Waals surface area contributed by atoms with E-state index in [1.165, 1.54) is 36.4 Å². The summed E-state index contributed by atoms with van der Waals surface area (Å²) in [4.78, 5) is 0. The Hall–Kier alpha value is 0.670. The monoisotopic (exact) mass is 355 g/mol. The first-order valence-corrected chi connectivity index (χ1v) is 4.85. The summed E-state index contributed by atoms with van der Waals surface area (Å²) in [6.45, 7) is 3.71. The van der Waals surface area contributed by atoms with Crippen molar-refractivity contribution in [3.8, 4) is 0 Å². The molecule has 0 aromatic carbocycles. The number of halogens is 2. The van der Waals surface area contributed by atoms with Crippen molar-refractivity contribution in [2.45, 2.75) is 12.8 Å². The van der Waals surface area contributed by atoms with Gasteiger partial charge in [0.05, 0.1) is 0 Å². The second kappa shape index (κ2) is 7.33. The van der Waals surface area contributed by atoms with Gasteiger partial charge in [0.1, 0.15) is 0 Å². The molecule has 0 saturated carbocycles. The summed E-state index contributed by atoms with van der Waals surface area (Å²) in [7, 11) is 0. The van der Waals surface area contributed by atoms with Gasteiger partial charge in [-0.1, -0.05) is 0 Å². The maximum absolute atomic E-state index is 3.71. The minimum atomic E-state index is 0. The molecule has 0 radical (unpaired) electrons. The zero-order valence-corrected chi connectivity index (χ0v) is 11.2. The third-order valence-electron chi connectivity index (χ3n) is 1.39. The zero-order valence-electron chi connectivity index (χ0n) is 6.11. The summed E-state index contributed by atoms with van der Waals surface area (Å²) in [6, 6.07) is 0. The Bertz CT molecular complexity index is 183. The van der Waals surface area contributed by atoms with E-state index in [2.05, 4.69) is 18.7 Å². The standard InChI is InChI=1S/C8H9.2ClH.Hf/c1-2-5-8-6-3-4-7-8;;;/h2-3,6H,1,4-5H2;2*1H;/q;;;+2/p-2. The van der Waals surface area contributed by atoms with Crippen molar-refractivity contribution in [3.63, 3.8) is 0 Å². The average molecular weight is 355 g/mol. The van der Waals surface area contributed by atoms with Crippen molar-refractivity contribution in [2.24, 2.45) is 0 Å². The summed E-state index contributed by atoms with van der Waals surface area (Å²) in [6.07, 6.45) is 8.71. The Labute approximate surface area is 95.2 Å². The van der Waals surface area contributed by atoms with Gasteiger partial charge in [-0.25, -0.2) is 0 Å². The van der Waals surface area contributed by atoms with E-state index in [1.54, 1.807) is 3.33 Å². The van der Waals surface area contributed by atoms with Crippen LogP contribution in [0.4, 0.5) is 0 Å². The number of hydrogen-bond donors (Lipinski definition) is 0. The molecule has 0 unspecified atom stereocenters. The van der Waals surface area contributed by atoms with Crippen LogP contribution < -0.4 is 24.8 Å². The Morgan fingerprint density at radius 2 is 2.18 bits per heavy atom. The molecule has 1 aliphatic rings. The topological polar surface area (TPSA) is 0 Å². The van der Waals surface area contributed by atoms with Crippen LogP contribution in [0, 0.1) is 0 Å². The molecule has 59 valence electrons. The van der Waals surface area contributed by atoms with Crippen molar-refractivity contribution >= 4 is 0 Å². The smallest absolute Gasteiger partial charge is 1.00 e. The van der Waals surface area contributed by atoms with Gasteiger partial charge in [0.2, 0.25) is 0 Å². The molecule has 0 aromatic rings. The van der Waals surface area contributed by atoms with Gasteiger partial charge >= 0.3 is 70.9 Å². The number of rotatable bonds is 2. The van der Waals surface area contributed by atoms with Crippen molar-refractivity contribution in [1.82, 2.24) is 0 Å². The minimum Gasteiger partial charge on any atom is -1.00 e. The molecule has 1 rings (SSSR count). The van der Waals surface area contributed by atoms with Crippen LogP contribution in [0.5, 0.6) is 0 Å². The van der Waals surface area contributed by atoms with Crippen molar-refractivity contribution in [2.75, 3.05) is 0 Å². The third-order valence-corrected chi connectivity index (χ3v) is 3.28. The first-order chi connectivity index (χ1) is 4.34. The minimum absolute atomic E-state index is 0. The molecule has 0 spiro atoms. The fourth-order valence-electron chi connectivity index (χ4n) is 0.897. The second-order valence-corrected chi connectivity index (χ2v) is 4.27. The second-order valence-electron chi connectivity index (χ2n) is 2.10. The Morgan fingerprint density at radius 3 is 2.55 bits per heavy atom. The molecule has 0 aromatic heterocycles. The molecule has 0 heterocycles. The van der Waals surface area contributed by atoms with Crippen molar-refractivity contribution in [1.29, 1.82) is 0 Å². The van der Waals surface area contributed by atoms with Crippen LogP contribution >= 0.6 is 0 Å². The molecule has 0 aliphatic heterocycles. The summed E-state index contributed by atoms with van der Waals surface area (Å²) in [5.74, 6) is 0. The van der Waals surface area contributed by atoms with Crippen LogP contribution in [0.25, 0.3) is 0 Å². The summed E-state index contributed by atoms with van der Waals surface area (Å²) >= 11 is 1.22. The Kier molecular flexibility index (Phi) is 9.46. The molecule has 0 N–H and O–H groups in total. The molecule has 0 bridgehead atoms. The zero-order chi connectivity index (χ0) is 6.69.